The first-order valence-electron chi connectivity index (χ1n) is 8.61. The van der Waals surface area contributed by atoms with Crippen LogP contribution in [0.3, 0.4) is 0 Å². The molecule has 2 aromatic carbocycles. The third kappa shape index (κ3) is 7.03. The average Bonchev–Trinajstić information content (AvgIpc) is 2.61. The second-order valence-electron chi connectivity index (χ2n) is 6.36. The number of carbonyl (C=O) groups excluding carboxylic acids is 2. The molecule has 0 aliphatic rings. The van der Waals surface area contributed by atoms with Gasteiger partial charge in [0.05, 0.1) is 0 Å². The van der Waals surface area contributed by atoms with Crippen LogP contribution < -0.4 is 16.0 Å². The van der Waals surface area contributed by atoms with Gasteiger partial charge in [-0.2, -0.15) is 0 Å². The summed E-state index contributed by atoms with van der Waals surface area (Å²) in [5.74, 6) is 0.0378. The molecule has 0 atom stereocenters. The molecule has 0 saturated heterocycles. The summed E-state index contributed by atoms with van der Waals surface area (Å²) in [5, 5.41) is 8.39. The van der Waals surface area contributed by atoms with Gasteiger partial charge in [-0.25, -0.2) is 0 Å². The van der Waals surface area contributed by atoms with E-state index in [0.717, 1.165) is 5.56 Å². The zero-order valence-electron chi connectivity index (χ0n) is 15.6. The first kappa shape index (κ1) is 20.3. The standard InChI is InChI=1S/C21H23N3O2S/c1-14(2)17-7-4-16(5-8-17)6-13-20(26)23-18-9-11-19(12-10-18)24-21(27)22-15(3)25/h4-14H,1-3H3,(H,23,26)(H2,22,24,25,27). The SMILES string of the molecule is CC(=O)NC(=S)Nc1ccc(NC(=O)C=Cc2ccc(C(C)C)cc2)cc1. The van der Waals surface area contributed by atoms with Crippen molar-refractivity contribution < 1.29 is 9.59 Å². The summed E-state index contributed by atoms with van der Waals surface area (Å²) in [6.07, 6.45) is 3.28. The predicted molar refractivity (Wildman–Crippen MR) is 115 cm³/mol. The maximum atomic E-state index is 12.1. The molecular weight excluding hydrogens is 358 g/mol. The fraction of sp³-hybridized carbons (Fsp3) is 0.190. The van der Waals surface area contributed by atoms with Gasteiger partial charge in [0.2, 0.25) is 11.8 Å². The average molecular weight is 382 g/mol. The molecule has 0 bridgehead atoms. The third-order valence-corrected chi connectivity index (χ3v) is 3.93. The zero-order chi connectivity index (χ0) is 19.8. The van der Waals surface area contributed by atoms with E-state index < -0.39 is 0 Å². The topological polar surface area (TPSA) is 70.2 Å². The zero-order valence-corrected chi connectivity index (χ0v) is 16.4. The lowest BCUT2D eigenvalue weighted by Gasteiger charge is -2.09. The normalized spacial score (nSPS) is 10.7. The first-order chi connectivity index (χ1) is 12.8. The van der Waals surface area contributed by atoms with Crippen LogP contribution in [0.15, 0.2) is 54.6 Å². The molecule has 0 aliphatic heterocycles. The summed E-state index contributed by atoms with van der Waals surface area (Å²) < 4.78 is 0. The molecule has 0 unspecified atom stereocenters. The molecule has 6 heteroatoms. The fourth-order valence-corrected chi connectivity index (χ4v) is 2.57. The highest BCUT2D eigenvalue weighted by Gasteiger charge is 2.02. The van der Waals surface area contributed by atoms with Crippen LogP contribution >= 0.6 is 12.2 Å². The van der Waals surface area contributed by atoms with Gasteiger partial charge in [-0.15, -0.1) is 0 Å². The molecule has 0 radical (unpaired) electrons. The van der Waals surface area contributed by atoms with Gasteiger partial charge < -0.3 is 16.0 Å². The highest BCUT2D eigenvalue weighted by atomic mass is 32.1. The Morgan fingerprint density at radius 3 is 2.00 bits per heavy atom. The smallest absolute Gasteiger partial charge is 0.248 e. The summed E-state index contributed by atoms with van der Waals surface area (Å²) in [6.45, 7) is 5.68. The number of nitrogens with one attached hydrogen (secondary N) is 3. The van der Waals surface area contributed by atoms with Gasteiger partial charge >= 0.3 is 0 Å². The Bertz CT molecular complexity index is 841. The molecule has 140 valence electrons. The molecular formula is C21H23N3O2S. The summed E-state index contributed by atoms with van der Waals surface area (Å²) in [6, 6.07) is 15.2. The monoisotopic (exact) mass is 381 g/mol. The van der Waals surface area contributed by atoms with Crippen molar-refractivity contribution >= 4 is 46.6 Å². The van der Waals surface area contributed by atoms with E-state index in [1.807, 2.05) is 12.1 Å². The quantitative estimate of drug-likeness (QED) is 0.534. The molecule has 2 aromatic rings. The molecule has 0 aromatic heterocycles. The number of thiocarbonyl (C=S) groups is 1. The Balaban J connectivity index is 1.89. The van der Waals surface area contributed by atoms with E-state index in [2.05, 4.69) is 41.9 Å². The minimum absolute atomic E-state index is 0.211. The van der Waals surface area contributed by atoms with Crippen LogP contribution in [0.4, 0.5) is 11.4 Å². The van der Waals surface area contributed by atoms with Crippen LogP contribution in [0, 0.1) is 0 Å². The Morgan fingerprint density at radius 1 is 0.926 bits per heavy atom. The summed E-state index contributed by atoms with van der Waals surface area (Å²) in [7, 11) is 0. The van der Waals surface area contributed by atoms with Gasteiger partial charge in [0.1, 0.15) is 0 Å². The van der Waals surface area contributed by atoms with Gasteiger partial charge in [-0.3, -0.25) is 9.59 Å². The van der Waals surface area contributed by atoms with Gasteiger partial charge in [0.15, 0.2) is 5.11 Å². The molecule has 0 saturated carbocycles. The molecule has 5 nitrogen and oxygen atoms in total. The van der Waals surface area contributed by atoms with Crippen molar-refractivity contribution in [3.05, 3.63) is 65.7 Å². The lowest BCUT2D eigenvalue weighted by atomic mass is 10.0. The number of amides is 2. The maximum absolute atomic E-state index is 12.1. The fourth-order valence-electron chi connectivity index (χ4n) is 2.31. The van der Waals surface area contributed by atoms with Crippen LogP contribution in [-0.4, -0.2) is 16.9 Å². The van der Waals surface area contributed by atoms with E-state index in [0.29, 0.717) is 17.3 Å². The third-order valence-electron chi connectivity index (χ3n) is 3.73. The summed E-state index contributed by atoms with van der Waals surface area (Å²) in [5.41, 5.74) is 3.62. The van der Waals surface area contributed by atoms with Crippen molar-refractivity contribution in [2.75, 3.05) is 10.6 Å². The van der Waals surface area contributed by atoms with Gasteiger partial charge in [-0.1, -0.05) is 38.1 Å². The van der Waals surface area contributed by atoms with Crippen molar-refractivity contribution in [3.63, 3.8) is 0 Å². The van der Waals surface area contributed by atoms with E-state index >= 15 is 0 Å². The minimum atomic E-state index is -0.234. The lowest BCUT2D eigenvalue weighted by molar-refractivity contribution is -0.117. The van der Waals surface area contributed by atoms with Gasteiger partial charge in [0.25, 0.3) is 0 Å². The van der Waals surface area contributed by atoms with Gasteiger partial charge in [0, 0.05) is 24.4 Å². The Hall–Kier alpha value is -2.99. The molecule has 3 N–H and O–H groups in total. The van der Waals surface area contributed by atoms with E-state index in [1.54, 1.807) is 30.3 Å². The second-order valence-corrected chi connectivity index (χ2v) is 6.76. The number of hydrogen-bond donors (Lipinski definition) is 3. The molecule has 2 rings (SSSR count). The highest BCUT2D eigenvalue weighted by Crippen LogP contribution is 2.16. The number of rotatable bonds is 5. The van der Waals surface area contributed by atoms with E-state index in [4.69, 9.17) is 12.2 Å². The van der Waals surface area contributed by atoms with Crippen molar-refractivity contribution in [2.45, 2.75) is 26.7 Å². The van der Waals surface area contributed by atoms with Crippen molar-refractivity contribution in [2.24, 2.45) is 0 Å². The summed E-state index contributed by atoms with van der Waals surface area (Å²) in [4.78, 5) is 23.0. The van der Waals surface area contributed by atoms with E-state index in [1.165, 1.54) is 18.6 Å². The van der Waals surface area contributed by atoms with E-state index in [9.17, 15) is 9.59 Å². The Kier molecular flexibility index (Phi) is 7.25. The highest BCUT2D eigenvalue weighted by molar-refractivity contribution is 7.80. The molecule has 0 fully saturated rings. The second kappa shape index (κ2) is 9.64. The van der Waals surface area contributed by atoms with Crippen LogP contribution in [0.25, 0.3) is 6.08 Å². The van der Waals surface area contributed by atoms with Crippen LogP contribution in [0.5, 0.6) is 0 Å². The number of hydrogen-bond acceptors (Lipinski definition) is 3. The molecule has 27 heavy (non-hydrogen) atoms. The van der Waals surface area contributed by atoms with Crippen LogP contribution in [0.1, 0.15) is 37.8 Å². The van der Waals surface area contributed by atoms with E-state index in [-0.39, 0.29) is 16.9 Å². The number of anilines is 2. The van der Waals surface area contributed by atoms with Crippen molar-refractivity contribution in [1.82, 2.24) is 5.32 Å². The predicted octanol–water partition coefficient (Wildman–Crippen LogP) is 4.29. The number of carbonyl (C=O) groups is 2. The molecule has 0 spiro atoms. The largest absolute Gasteiger partial charge is 0.332 e. The lowest BCUT2D eigenvalue weighted by Crippen LogP contribution is -2.32. The minimum Gasteiger partial charge on any atom is -0.332 e. The van der Waals surface area contributed by atoms with Crippen molar-refractivity contribution in [1.29, 1.82) is 0 Å². The Morgan fingerprint density at radius 2 is 1.48 bits per heavy atom. The van der Waals surface area contributed by atoms with Crippen LogP contribution in [0.2, 0.25) is 0 Å². The van der Waals surface area contributed by atoms with Crippen molar-refractivity contribution in [3.8, 4) is 0 Å². The molecule has 2 amide bonds. The van der Waals surface area contributed by atoms with Crippen LogP contribution in [-0.2, 0) is 9.59 Å². The molecule has 0 aliphatic carbocycles. The molecule has 0 heterocycles. The first-order valence-corrected chi connectivity index (χ1v) is 9.02. The maximum Gasteiger partial charge on any atom is 0.248 e. The summed E-state index contributed by atoms with van der Waals surface area (Å²) >= 11 is 5.00. The Labute approximate surface area is 164 Å². The number of benzene rings is 2. The van der Waals surface area contributed by atoms with Gasteiger partial charge in [-0.05, 0) is 59.6 Å².